The Hall–Kier alpha value is -0.980. The molecule has 160 valence electrons. The van der Waals surface area contributed by atoms with Crippen LogP contribution in [0.2, 0.25) is 0 Å². The fourth-order valence-electron chi connectivity index (χ4n) is 4.26. The lowest BCUT2D eigenvalue weighted by Gasteiger charge is -2.22. The number of unbranched alkanes of at least 4 members (excludes halogenated alkanes) is 6. The first kappa shape index (κ1) is 23.3. The molecule has 0 unspecified atom stereocenters. The molecule has 0 radical (unpaired) electrons. The molecule has 2 rings (SSSR count). The second kappa shape index (κ2) is 11.3. The van der Waals surface area contributed by atoms with Crippen LogP contribution < -0.4 is 0 Å². The highest BCUT2D eigenvalue weighted by atomic mass is 16.3. The van der Waals surface area contributed by atoms with Crippen molar-refractivity contribution in [2.24, 2.45) is 10.8 Å². The molecule has 1 aliphatic rings. The van der Waals surface area contributed by atoms with Crippen molar-refractivity contribution in [2.75, 3.05) is 0 Å². The minimum atomic E-state index is 0.509. The van der Waals surface area contributed by atoms with Crippen LogP contribution in [-0.2, 0) is 12.8 Å². The third kappa shape index (κ3) is 8.58. The van der Waals surface area contributed by atoms with Gasteiger partial charge in [-0.1, -0.05) is 84.8 Å². The van der Waals surface area contributed by atoms with Gasteiger partial charge in [0.1, 0.15) is 5.75 Å². The van der Waals surface area contributed by atoms with E-state index < -0.39 is 0 Å². The van der Waals surface area contributed by atoms with Gasteiger partial charge in [-0.25, -0.2) is 0 Å². The molecule has 1 heteroatoms. The molecule has 0 heterocycles. The van der Waals surface area contributed by atoms with E-state index >= 15 is 0 Å². The zero-order chi connectivity index (χ0) is 20.5. The highest BCUT2D eigenvalue weighted by Crippen LogP contribution is 2.49. The molecule has 0 aromatic heterocycles. The van der Waals surface area contributed by atoms with Crippen LogP contribution in [0.3, 0.4) is 0 Å². The van der Waals surface area contributed by atoms with Gasteiger partial charge in [0.2, 0.25) is 0 Å². The molecule has 0 spiro atoms. The molecule has 0 atom stereocenters. The molecule has 0 amide bonds. The minimum absolute atomic E-state index is 0.509. The first-order valence-electron chi connectivity index (χ1n) is 12.1. The van der Waals surface area contributed by atoms with Crippen LogP contribution in [0.25, 0.3) is 0 Å². The quantitative estimate of drug-likeness (QED) is 0.299. The summed E-state index contributed by atoms with van der Waals surface area (Å²) in [5, 5.41) is 10.4. The lowest BCUT2D eigenvalue weighted by molar-refractivity contribution is 0.307. The van der Waals surface area contributed by atoms with Crippen molar-refractivity contribution >= 4 is 0 Å². The monoisotopic (exact) mass is 386 g/mol. The van der Waals surface area contributed by atoms with Crippen LogP contribution in [0.15, 0.2) is 18.2 Å². The maximum absolute atomic E-state index is 10.4. The number of benzene rings is 1. The maximum atomic E-state index is 10.4. The van der Waals surface area contributed by atoms with Crippen LogP contribution in [-0.4, -0.2) is 5.11 Å². The zero-order valence-corrected chi connectivity index (χ0v) is 19.3. The van der Waals surface area contributed by atoms with Gasteiger partial charge in [0, 0.05) is 0 Å². The fourth-order valence-corrected chi connectivity index (χ4v) is 4.26. The number of aromatic hydroxyl groups is 1. The standard InChI is InChI=1S/C27H46O/c1-5-26(2,3)19-12-8-6-10-15-23-16-14-18-25(28)24(23)17-11-7-9-13-20-27(4)21-22-27/h14,16,18,28H,5-13,15,17,19-22H2,1-4H3. The van der Waals surface area contributed by atoms with Crippen molar-refractivity contribution in [3.05, 3.63) is 29.3 Å². The Kier molecular flexibility index (Phi) is 9.38. The molecular formula is C27H46O. The van der Waals surface area contributed by atoms with Gasteiger partial charge in [-0.3, -0.25) is 0 Å². The lowest BCUT2D eigenvalue weighted by Crippen LogP contribution is -2.08. The number of aryl methyl sites for hydroxylation is 1. The van der Waals surface area contributed by atoms with Crippen molar-refractivity contribution in [3.8, 4) is 5.75 Å². The van der Waals surface area contributed by atoms with Gasteiger partial charge >= 0.3 is 0 Å². The van der Waals surface area contributed by atoms with E-state index in [4.69, 9.17) is 0 Å². The number of rotatable bonds is 15. The molecular weight excluding hydrogens is 340 g/mol. The summed E-state index contributed by atoms with van der Waals surface area (Å²) in [5.41, 5.74) is 3.83. The van der Waals surface area contributed by atoms with E-state index in [1.54, 1.807) is 0 Å². The van der Waals surface area contributed by atoms with Crippen molar-refractivity contribution in [1.29, 1.82) is 0 Å². The molecule has 1 nitrogen and oxygen atoms in total. The van der Waals surface area contributed by atoms with Crippen LogP contribution in [0.4, 0.5) is 0 Å². The molecule has 0 saturated heterocycles. The van der Waals surface area contributed by atoms with Crippen molar-refractivity contribution in [3.63, 3.8) is 0 Å². The fraction of sp³-hybridized carbons (Fsp3) is 0.778. The summed E-state index contributed by atoms with van der Waals surface area (Å²) < 4.78 is 0. The maximum Gasteiger partial charge on any atom is 0.119 e. The topological polar surface area (TPSA) is 20.2 Å². The Labute approximate surface area is 175 Å². The zero-order valence-electron chi connectivity index (χ0n) is 19.3. The predicted molar refractivity (Wildman–Crippen MR) is 123 cm³/mol. The molecule has 1 aliphatic carbocycles. The Bertz CT molecular complexity index is 568. The van der Waals surface area contributed by atoms with Gasteiger partial charge in [-0.15, -0.1) is 0 Å². The lowest BCUT2D eigenvalue weighted by atomic mass is 9.84. The first-order chi connectivity index (χ1) is 13.4. The van der Waals surface area contributed by atoms with Gasteiger partial charge in [0.05, 0.1) is 0 Å². The molecule has 0 aliphatic heterocycles. The summed E-state index contributed by atoms with van der Waals surface area (Å²) in [4.78, 5) is 0. The normalized spacial score (nSPS) is 15.7. The largest absolute Gasteiger partial charge is 0.508 e. The van der Waals surface area contributed by atoms with Crippen LogP contribution >= 0.6 is 0 Å². The van der Waals surface area contributed by atoms with Crippen molar-refractivity contribution in [1.82, 2.24) is 0 Å². The molecule has 1 aromatic rings. The highest BCUT2D eigenvalue weighted by Gasteiger charge is 2.35. The average Bonchev–Trinajstić information content (AvgIpc) is 3.40. The predicted octanol–water partition coefficient (Wildman–Crippen LogP) is 8.61. The third-order valence-electron chi connectivity index (χ3n) is 7.32. The Morgan fingerprint density at radius 2 is 1.54 bits per heavy atom. The summed E-state index contributed by atoms with van der Waals surface area (Å²) in [6, 6.07) is 6.14. The number of hydrogen-bond donors (Lipinski definition) is 1. The summed E-state index contributed by atoms with van der Waals surface area (Å²) in [6.07, 6.45) is 19.6. The minimum Gasteiger partial charge on any atom is -0.508 e. The molecule has 1 saturated carbocycles. The van der Waals surface area contributed by atoms with Crippen LogP contribution in [0.5, 0.6) is 5.75 Å². The summed E-state index contributed by atoms with van der Waals surface area (Å²) in [5.74, 6) is 0.521. The van der Waals surface area contributed by atoms with Crippen LogP contribution in [0.1, 0.15) is 122 Å². The van der Waals surface area contributed by atoms with E-state index in [0.29, 0.717) is 16.6 Å². The van der Waals surface area contributed by atoms with Crippen molar-refractivity contribution in [2.45, 2.75) is 124 Å². The summed E-state index contributed by atoms with van der Waals surface area (Å²) in [7, 11) is 0. The van der Waals surface area contributed by atoms with Crippen molar-refractivity contribution < 1.29 is 5.11 Å². The molecule has 1 N–H and O–H groups in total. The Morgan fingerprint density at radius 3 is 2.21 bits per heavy atom. The average molecular weight is 387 g/mol. The summed E-state index contributed by atoms with van der Waals surface area (Å²) >= 11 is 0. The molecule has 0 bridgehead atoms. The van der Waals surface area contributed by atoms with E-state index in [0.717, 1.165) is 12.8 Å². The van der Waals surface area contributed by atoms with E-state index in [1.165, 1.54) is 94.6 Å². The smallest absolute Gasteiger partial charge is 0.119 e. The van der Waals surface area contributed by atoms with Crippen LogP contribution in [0, 0.1) is 10.8 Å². The molecule has 1 aromatic carbocycles. The van der Waals surface area contributed by atoms with Gasteiger partial charge in [0.25, 0.3) is 0 Å². The van der Waals surface area contributed by atoms with Gasteiger partial charge in [-0.2, -0.15) is 0 Å². The molecule has 28 heavy (non-hydrogen) atoms. The van der Waals surface area contributed by atoms with Gasteiger partial charge in [-0.05, 0) is 79.4 Å². The van der Waals surface area contributed by atoms with E-state index in [2.05, 4.69) is 33.8 Å². The Balaban J connectivity index is 1.64. The number of hydrogen-bond acceptors (Lipinski definition) is 1. The van der Waals surface area contributed by atoms with E-state index in [-0.39, 0.29) is 0 Å². The van der Waals surface area contributed by atoms with E-state index in [1.807, 2.05) is 12.1 Å². The number of phenols is 1. The van der Waals surface area contributed by atoms with E-state index in [9.17, 15) is 5.11 Å². The molecule has 1 fully saturated rings. The Morgan fingerprint density at radius 1 is 0.893 bits per heavy atom. The third-order valence-corrected chi connectivity index (χ3v) is 7.32. The SMILES string of the molecule is CCC(C)(C)CCCCCCc1cccc(O)c1CCCCCCC1(C)CC1. The second-order valence-electron chi connectivity index (χ2n) is 10.6. The summed E-state index contributed by atoms with van der Waals surface area (Å²) in [6.45, 7) is 9.51. The van der Waals surface area contributed by atoms with Gasteiger partial charge in [0.15, 0.2) is 0 Å². The first-order valence-corrected chi connectivity index (χ1v) is 12.1. The second-order valence-corrected chi connectivity index (χ2v) is 10.6. The highest BCUT2D eigenvalue weighted by molar-refractivity contribution is 5.39. The van der Waals surface area contributed by atoms with Gasteiger partial charge < -0.3 is 5.11 Å². The number of phenolic OH excluding ortho intramolecular Hbond substituents is 1.